The molecule has 0 saturated heterocycles. The molecule has 0 spiro atoms. The molecule has 0 saturated carbocycles. The van der Waals surface area contributed by atoms with Crippen LogP contribution in [-0.4, -0.2) is 25.0 Å². The van der Waals surface area contributed by atoms with Crippen molar-refractivity contribution in [3.05, 3.63) is 24.3 Å². The maximum absolute atomic E-state index is 12.1. The Morgan fingerprint density at radius 1 is 1.30 bits per heavy atom. The second-order valence-corrected chi connectivity index (χ2v) is 5.80. The summed E-state index contributed by atoms with van der Waals surface area (Å²) in [6.07, 6.45) is 3.46. The fourth-order valence-electron chi connectivity index (χ4n) is 2.38. The Labute approximate surface area is 121 Å². The van der Waals surface area contributed by atoms with Crippen molar-refractivity contribution in [2.24, 2.45) is 5.92 Å². The molecule has 1 unspecified atom stereocenters. The molecule has 0 radical (unpaired) electrons. The number of para-hydroxylation sites is 2. The van der Waals surface area contributed by atoms with Gasteiger partial charge in [-0.2, -0.15) is 0 Å². The molecule has 1 aromatic rings. The molecule has 0 bridgehead atoms. The summed E-state index contributed by atoms with van der Waals surface area (Å²) in [5.41, 5.74) is 2.06. The summed E-state index contributed by atoms with van der Waals surface area (Å²) in [6.45, 7) is 5.86. The fraction of sp³-hybridized carbons (Fsp3) is 0.562. The maximum Gasteiger partial charge on any atom is 0.244 e. The molecule has 1 heterocycles. The van der Waals surface area contributed by atoms with Crippen LogP contribution in [0.3, 0.4) is 0 Å². The van der Waals surface area contributed by atoms with Crippen molar-refractivity contribution < 1.29 is 4.79 Å². The number of unbranched alkanes of at least 4 members (excludes halogenated alkanes) is 1. The number of hydrogen-bond acceptors (Lipinski definition) is 3. The van der Waals surface area contributed by atoms with Gasteiger partial charge in [-0.25, -0.2) is 0 Å². The van der Waals surface area contributed by atoms with E-state index in [0.29, 0.717) is 6.54 Å². The Morgan fingerprint density at radius 3 is 2.80 bits per heavy atom. The molecule has 1 aromatic carbocycles. The van der Waals surface area contributed by atoms with Gasteiger partial charge in [-0.05, 0) is 24.5 Å². The average molecular weight is 275 g/mol. The minimum atomic E-state index is -0.185. The molecule has 1 aliphatic rings. The molecule has 0 aromatic heterocycles. The molecule has 1 aliphatic heterocycles. The summed E-state index contributed by atoms with van der Waals surface area (Å²) in [5, 5.41) is 9.58. The predicted molar refractivity (Wildman–Crippen MR) is 84.0 cm³/mol. The van der Waals surface area contributed by atoms with Crippen molar-refractivity contribution in [1.82, 2.24) is 5.32 Å². The summed E-state index contributed by atoms with van der Waals surface area (Å²) in [4.78, 5) is 12.1. The molecule has 1 amide bonds. The number of carbonyl (C=O) groups is 1. The highest BCUT2D eigenvalue weighted by atomic mass is 16.2. The second kappa shape index (κ2) is 7.17. The van der Waals surface area contributed by atoms with Gasteiger partial charge in [0.25, 0.3) is 0 Å². The van der Waals surface area contributed by atoms with E-state index in [4.69, 9.17) is 0 Å². The van der Waals surface area contributed by atoms with Gasteiger partial charge >= 0.3 is 0 Å². The summed E-state index contributed by atoms with van der Waals surface area (Å²) in [6, 6.07) is 7.78. The Balaban J connectivity index is 1.72. The molecule has 20 heavy (non-hydrogen) atoms. The minimum absolute atomic E-state index is 0.0801. The summed E-state index contributed by atoms with van der Waals surface area (Å²) in [5.74, 6) is 0.822. The first-order chi connectivity index (χ1) is 9.66. The van der Waals surface area contributed by atoms with Crippen LogP contribution in [0, 0.1) is 5.92 Å². The Kier molecular flexibility index (Phi) is 5.27. The molecule has 2 rings (SSSR count). The lowest BCUT2D eigenvalue weighted by Gasteiger charge is -2.27. The van der Waals surface area contributed by atoms with Gasteiger partial charge in [-0.15, -0.1) is 0 Å². The number of fused-ring (bicyclic) bond motifs is 1. The lowest BCUT2D eigenvalue weighted by Crippen LogP contribution is -2.46. The van der Waals surface area contributed by atoms with Gasteiger partial charge in [-0.1, -0.05) is 38.8 Å². The quantitative estimate of drug-likeness (QED) is 0.700. The zero-order chi connectivity index (χ0) is 14.4. The third kappa shape index (κ3) is 4.15. The second-order valence-electron chi connectivity index (χ2n) is 5.80. The number of benzene rings is 1. The summed E-state index contributed by atoms with van der Waals surface area (Å²) < 4.78 is 0. The van der Waals surface area contributed by atoms with Gasteiger partial charge in [0.1, 0.15) is 6.04 Å². The zero-order valence-electron chi connectivity index (χ0n) is 12.4. The van der Waals surface area contributed by atoms with Crippen molar-refractivity contribution >= 4 is 17.3 Å². The van der Waals surface area contributed by atoms with Crippen LogP contribution in [0.1, 0.15) is 33.1 Å². The topological polar surface area (TPSA) is 53.2 Å². The molecule has 0 fully saturated rings. The first-order valence-electron chi connectivity index (χ1n) is 7.54. The lowest BCUT2D eigenvalue weighted by atomic mass is 10.1. The largest absolute Gasteiger partial charge is 0.381 e. The van der Waals surface area contributed by atoms with E-state index in [2.05, 4.69) is 29.8 Å². The number of anilines is 2. The van der Waals surface area contributed by atoms with Crippen molar-refractivity contribution in [2.75, 3.05) is 23.7 Å². The molecule has 4 heteroatoms. The van der Waals surface area contributed by atoms with Crippen LogP contribution in [0.2, 0.25) is 0 Å². The van der Waals surface area contributed by atoms with Crippen LogP contribution in [0.15, 0.2) is 24.3 Å². The number of nitrogens with one attached hydrogen (secondary N) is 3. The van der Waals surface area contributed by atoms with E-state index < -0.39 is 0 Å². The van der Waals surface area contributed by atoms with Gasteiger partial charge in [0.2, 0.25) is 5.91 Å². The third-order valence-electron chi connectivity index (χ3n) is 3.58. The molecule has 0 aliphatic carbocycles. The Bertz CT molecular complexity index is 445. The number of hydrogen-bond donors (Lipinski definition) is 3. The van der Waals surface area contributed by atoms with E-state index in [9.17, 15) is 4.79 Å². The summed E-state index contributed by atoms with van der Waals surface area (Å²) >= 11 is 0. The van der Waals surface area contributed by atoms with E-state index >= 15 is 0 Å². The molecular formula is C16H25N3O. The highest BCUT2D eigenvalue weighted by Crippen LogP contribution is 2.25. The van der Waals surface area contributed by atoms with Gasteiger partial charge in [0.05, 0.1) is 11.4 Å². The van der Waals surface area contributed by atoms with E-state index in [1.54, 1.807) is 0 Å². The van der Waals surface area contributed by atoms with Gasteiger partial charge in [-0.3, -0.25) is 4.79 Å². The van der Waals surface area contributed by atoms with E-state index in [1.807, 2.05) is 24.3 Å². The molecular weight excluding hydrogens is 250 g/mol. The predicted octanol–water partition coefficient (Wildman–Crippen LogP) is 2.84. The highest BCUT2D eigenvalue weighted by Gasteiger charge is 2.22. The normalized spacial score (nSPS) is 17.1. The first kappa shape index (κ1) is 14.7. The number of rotatable bonds is 6. The maximum atomic E-state index is 12.1. The summed E-state index contributed by atoms with van der Waals surface area (Å²) in [7, 11) is 0. The zero-order valence-corrected chi connectivity index (χ0v) is 12.4. The van der Waals surface area contributed by atoms with Crippen LogP contribution >= 0.6 is 0 Å². The molecule has 1 atom stereocenters. The third-order valence-corrected chi connectivity index (χ3v) is 3.58. The minimum Gasteiger partial charge on any atom is -0.381 e. The highest BCUT2D eigenvalue weighted by molar-refractivity contribution is 5.88. The van der Waals surface area contributed by atoms with Gasteiger partial charge in [0.15, 0.2) is 0 Å². The van der Waals surface area contributed by atoms with Crippen LogP contribution < -0.4 is 16.0 Å². The first-order valence-corrected chi connectivity index (χ1v) is 7.54. The van der Waals surface area contributed by atoms with Crippen LogP contribution in [0.5, 0.6) is 0 Å². The van der Waals surface area contributed by atoms with E-state index in [0.717, 1.165) is 30.3 Å². The Hall–Kier alpha value is -1.71. The van der Waals surface area contributed by atoms with Gasteiger partial charge in [0, 0.05) is 13.1 Å². The molecule has 3 N–H and O–H groups in total. The number of amides is 1. The van der Waals surface area contributed by atoms with Gasteiger partial charge < -0.3 is 16.0 Å². The van der Waals surface area contributed by atoms with Crippen molar-refractivity contribution in [1.29, 1.82) is 0 Å². The number of carbonyl (C=O) groups excluding carboxylic acids is 1. The van der Waals surface area contributed by atoms with Crippen LogP contribution in [0.4, 0.5) is 11.4 Å². The van der Waals surface area contributed by atoms with Crippen molar-refractivity contribution in [3.63, 3.8) is 0 Å². The Morgan fingerprint density at radius 2 is 2.05 bits per heavy atom. The monoisotopic (exact) mass is 275 g/mol. The van der Waals surface area contributed by atoms with Crippen LogP contribution in [-0.2, 0) is 4.79 Å². The van der Waals surface area contributed by atoms with Crippen molar-refractivity contribution in [3.8, 4) is 0 Å². The molecule has 4 nitrogen and oxygen atoms in total. The SMILES string of the molecule is CC(C)CCCCNC(=O)C1CNc2ccccc2N1. The molecule has 110 valence electrons. The van der Waals surface area contributed by atoms with Crippen molar-refractivity contribution in [2.45, 2.75) is 39.2 Å². The fourth-order valence-corrected chi connectivity index (χ4v) is 2.38. The van der Waals surface area contributed by atoms with E-state index in [-0.39, 0.29) is 11.9 Å². The van der Waals surface area contributed by atoms with E-state index in [1.165, 1.54) is 12.8 Å². The van der Waals surface area contributed by atoms with Crippen LogP contribution in [0.25, 0.3) is 0 Å². The smallest absolute Gasteiger partial charge is 0.244 e. The lowest BCUT2D eigenvalue weighted by molar-refractivity contribution is -0.121. The average Bonchev–Trinajstić information content (AvgIpc) is 2.46. The standard InChI is InChI=1S/C16H25N3O/c1-12(2)7-5-6-10-17-16(20)15-11-18-13-8-3-4-9-14(13)19-15/h3-4,8-9,12,15,18-19H,5-7,10-11H2,1-2H3,(H,17,20).